The maximum Gasteiger partial charge on any atom is 0.118 e. The lowest BCUT2D eigenvalue weighted by Gasteiger charge is -2.35. The molecule has 1 atom stereocenters. The molecule has 0 saturated heterocycles. The van der Waals surface area contributed by atoms with E-state index in [1.54, 1.807) is 7.11 Å². The molecule has 0 spiro atoms. The van der Waals surface area contributed by atoms with E-state index in [1.807, 2.05) is 18.5 Å². The van der Waals surface area contributed by atoms with Crippen molar-refractivity contribution in [3.63, 3.8) is 0 Å². The van der Waals surface area contributed by atoms with E-state index in [1.165, 1.54) is 22.4 Å². The van der Waals surface area contributed by atoms with Crippen LogP contribution in [0.2, 0.25) is 0 Å². The van der Waals surface area contributed by atoms with E-state index in [9.17, 15) is 0 Å². The van der Waals surface area contributed by atoms with Gasteiger partial charge < -0.3 is 9.72 Å². The molecule has 4 rings (SSSR count). The highest BCUT2D eigenvalue weighted by molar-refractivity contribution is 5.37. The summed E-state index contributed by atoms with van der Waals surface area (Å²) >= 11 is 0. The Balaban J connectivity index is 1.71. The molecule has 128 valence electrons. The number of H-pyrrole nitrogens is 1. The highest BCUT2D eigenvalue weighted by atomic mass is 16.5. The van der Waals surface area contributed by atoms with Crippen molar-refractivity contribution >= 4 is 0 Å². The molecule has 0 amide bonds. The molecule has 2 heterocycles. The van der Waals surface area contributed by atoms with Crippen LogP contribution in [0.4, 0.5) is 0 Å². The Morgan fingerprint density at radius 1 is 1.16 bits per heavy atom. The highest BCUT2D eigenvalue weighted by Crippen LogP contribution is 2.35. The van der Waals surface area contributed by atoms with Gasteiger partial charge in [-0.05, 0) is 35.7 Å². The minimum absolute atomic E-state index is 0.167. The number of fused-ring (bicyclic) bond motifs is 1. The first-order chi connectivity index (χ1) is 12.3. The normalized spacial score (nSPS) is 17.3. The Hall–Kier alpha value is -2.59. The maximum absolute atomic E-state index is 5.31. The van der Waals surface area contributed by atoms with Gasteiger partial charge in [0.05, 0.1) is 25.2 Å². The molecule has 4 nitrogen and oxygen atoms in total. The topological polar surface area (TPSA) is 41.1 Å². The van der Waals surface area contributed by atoms with Crippen molar-refractivity contribution < 1.29 is 4.74 Å². The number of nitrogens with one attached hydrogen (secondary N) is 1. The van der Waals surface area contributed by atoms with Crippen molar-refractivity contribution in [3.05, 3.63) is 82.9 Å². The van der Waals surface area contributed by atoms with Gasteiger partial charge in [0.15, 0.2) is 0 Å². The Morgan fingerprint density at radius 2 is 1.96 bits per heavy atom. The molecular weight excluding hydrogens is 310 g/mol. The maximum atomic E-state index is 5.31. The number of nitrogens with zero attached hydrogens (tertiary/aromatic N) is 2. The van der Waals surface area contributed by atoms with Crippen LogP contribution in [0.25, 0.3) is 0 Å². The molecule has 1 N–H and O–H groups in total. The third-order valence-corrected chi connectivity index (χ3v) is 5.09. The molecule has 25 heavy (non-hydrogen) atoms. The van der Waals surface area contributed by atoms with E-state index in [-0.39, 0.29) is 6.04 Å². The summed E-state index contributed by atoms with van der Waals surface area (Å²) in [5, 5.41) is 0. The number of benzene rings is 2. The van der Waals surface area contributed by atoms with E-state index in [0.717, 1.165) is 31.0 Å². The largest absolute Gasteiger partial charge is 0.497 e. The minimum atomic E-state index is 0.167. The first kappa shape index (κ1) is 15.9. The van der Waals surface area contributed by atoms with Crippen LogP contribution in [0.15, 0.2) is 54.9 Å². The van der Waals surface area contributed by atoms with Crippen molar-refractivity contribution in [2.75, 3.05) is 13.7 Å². The van der Waals surface area contributed by atoms with E-state index >= 15 is 0 Å². The van der Waals surface area contributed by atoms with Crippen LogP contribution < -0.4 is 4.74 Å². The van der Waals surface area contributed by atoms with Crippen LogP contribution in [0.3, 0.4) is 0 Å². The number of aryl methyl sites for hydroxylation is 1. The lowest BCUT2D eigenvalue weighted by Crippen LogP contribution is -2.36. The zero-order valence-corrected chi connectivity index (χ0v) is 14.7. The van der Waals surface area contributed by atoms with Gasteiger partial charge in [-0.2, -0.15) is 0 Å². The number of hydrogen-bond acceptors (Lipinski definition) is 3. The van der Waals surface area contributed by atoms with Crippen LogP contribution in [0.5, 0.6) is 5.75 Å². The molecule has 3 aromatic rings. The minimum Gasteiger partial charge on any atom is -0.497 e. The van der Waals surface area contributed by atoms with E-state index < -0.39 is 0 Å². The van der Waals surface area contributed by atoms with Crippen molar-refractivity contribution in [2.24, 2.45) is 0 Å². The van der Waals surface area contributed by atoms with E-state index in [0.29, 0.717) is 0 Å². The van der Waals surface area contributed by atoms with Gasteiger partial charge in [-0.1, -0.05) is 36.4 Å². The first-order valence-corrected chi connectivity index (χ1v) is 8.71. The Bertz CT molecular complexity index is 854. The number of methoxy groups -OCH3 is 1. The fourth-order valence-corrected chi connectivity index (χ4v) is 3.66. The second kappa shape index (κ2) is 6.73. The Labute approximate surface area is 148 Å². The van der Waals surface area contributed by atoms with Gasteiger partial charge in [0.2, 0.25) is 0 Å². The molecule has 2 aromatic carbocycles. The van der Waals surface area contributed by atoms with Crippen molar-refractivity contribution in [1.82, 2.24) is 14.9 Å². The molecule has 0 fully saturated rings. The summed E-state index contributed by atoms with van der Waals surface area (Å²) in [6, 6.07) is 17.2. The smallest absolute Gasteiger partial charge is 0.118 e. The van der Waals surface area contributed by atoms with Crippen molar-refractivity contribution in [2.45, 2.75) is 25.9 Å². The van der Waals surface area contributed by atoms with Gasteiger partial charge >= 0.3 is 0 Å². The zero-order chi connectivity index (χ0) is 17.2. The Morgan fingerprint density at radius 3 is 2.72 bits per heavy atom. The van der Waals surface area contributed by atoms with Gasteiger partial charge in [0.25, 0.3) is 0 Å². The van der Waals surface area contributed by atoms with Crippen molar-refractivity contribution in [1.29, 1.82) is 0 Å². The number of ether oxygens (including phenoxy) is 1. The lowest BCUT2D eigenvalue weighted by molar-refractivity contribution is 0.200. The average Bonchev–Trinajstić information content (AvgIpc) is 3.12. The quantitative estimate of drug-likeness (QED) is 0.788. The standard InChI is InChI=1S/C21H23N3O/c1-15-5-3-4-6-17(15)13-24-12-11-19-20(23-14-22-19)21(24)16-7-9-18(25-2)10-8-16/h3-10,14,21H,11-13H2,1-2H3,(H,22,23)/t21-/m0/s1. The summed E-state index contributed by atoms with van der Waals surface area (Å²) < 4.78 is 5.31. The summed E-state index contributed by atoms with van der Waals surface area (Å²) in [6.07, 6.45) is 2.83. The van der Waals surface area contributed by atoms with Crippen LogP contribution in [-0.2, 0) is 13.0 Å². The third-order valence-electron chi connectivity index (χ3n) is 5.09. The summed E-state index contributed by atoms with van der Waals surface area (Å²) in [5.41, 5.74) is 6.36. The molecule has 0 aliphatic carbocycles. The zero-order valence-electron chi connectivity index (χ0n) is 14.7. The summed E-state index contributed by atoms with van der Waals surface area (Å²) in [7, 11) is 1.70. The SMILES string of the molecule is COc1ccc([C@H]2c3nc[nH]c3CCN2Cc2ccccc2C)cc1. The summed E-state index contributed by atoms with van der Waals surface area (Å²) in [4.78, 5) is 10.5. The van der Waals surface area contributed by atoms with Gasteiger partial charge in [-0.25, -0.2) is 4.98 Å². The van der Waals surface area contributed by atoms with Crippen molar-refractivity contribution in [3.8, 4) is 5.75 Å². The van der Waals surface area contributed by atoms with Crippen LogP contribution in [-0.4, -0.2) is 28.5 Å². The molecule has 4 heteroatoms. The summed E-state index contributed by atoms with van der Waals surface area (Å²) in [6.45, 7) is 4.12. The second-order valence-corrected chi connectivity index (χ2v) is 6.59. The van der Waals surface area contributed by atoms with Gasteiger partial charge in [0, 0.05) is 25.2 Å². The molecule has 0 unspecified atom stereocenters. The molecule has 0 radical (unpaired) electrons. The molecule has 1 aromatic heterocycles. The van der Waals surface area contributed by atoms with Gasteiger partial charge in [0.1, 0.15) is 5.75 Å². The predicted molar refractivity (Wildman–Crippen MR) is 98.7 cm³/mol. The van der Waals surface area contributed by atoms with E-state index in [2.05, 4.69) is 58.2 Å². The third kappa shape index (κ3) is 3.05. The van der Waals surface area contributed by atoms with Crippen LogP contribution in [0, 0.1) is 6.92 Å². The lowest BCUT2D eigenvalue weighted by atomic mass is 9.94. The second-order valence-electron chi connectivity index (χ2n) is 6.59. The molecule has 0 saturated carbocycles. The Kier molecular flexibility index (Phi) is 4.28. The monoisotopic (exact) mass is 333 g/mol. The molecule has 1 aliphatic heterocycles. The number of hydrogen-bond donors (Lipinski definition) is 1. The number of imidazole rings is 1. The number of aromatic nitrogens is 2. The number of rotatable bonds is 4. The highest BCUT2D eigenvalue weighted by Gasteiger charge is 2.31. The molecule has 1 aliphatic rings. The summed E-state index contributed by atoms with van der Waals surface area (Å²) in [5.74, 6) is 0.882. The fourth-order valence-electron chi connectivity index (χ4n) is 3.66. The van der Waals surface area contributed by atoms with Gasteiger partial charge in [-0.15, -0.1) is 0 Å². The molecule has 0 bridgehead atoms. The van der Waals surface area contributed by atoms with Crippen LogP contribution >= 0.6 is 0 Å². The first-order valence-electron chi connectivity index (χ1n) is 8.71. The average molecular weight is 333 g/mol. The predicted octanol–water partition coefficient (Wildman–Crippen LogP) is 3.87. The van der Waals surface area contributed by atoms with Crippen LogP contribution in [0.1, 0.15) is 34.1 Å². The fraction of sp³-hybridized carbons (Fsp3) is 0.286. The number of aromatic amines is 1. The van der Waals surface area contributed by atoms with Gasteiger partial charge in [-0.3, -0.25) is 4.90 Å². The molecular formula is C21H23N3O. The van der Waals surface area contributed by atoms with E-state index in [4.69, 9.17) is 4.74 Å².